The molecule has 2 heterocycles. The van der Waals surface area contributed by atoms with E-state index in [4.69, 9.17) is 9.47 Å². The lowest BCUT2D eigenvalue weighted by Gasteiger charge is -2.35. The second-order valence-corrected chi connectivity index (χ2v) is 10.5. The zero-order valence-electron chi connectivity index (χ0n) is 22.1. The van der Waals surface area contributed by atoms with Crippen LogP contribution in [0.1, 0.15) is 5.56 Å². The smallest absolute Gasteiger partial charge is 0.260 e. The van der Waals surface area contributed by atoms with Crippen molar-refractivity contribution >= 4 is 23.1 Å². The number of hydrogen-bond donors (Lipinski definition) is 0. The molecule has 6 aromatic rings. The highest BCUT2D eigenvalue weighted by Crippen LogP contribution is 2.44. The molecule has 0 aromatic heterocycles. The molecular weight excluding hydrogens is 487 g/mol. The van der Waals surface area contributed by atoms with Crippen LogP contribution in [0.2, 0.25) is 0 Å². The first kappa shape index (κ1) is 22.9. The molecule has 0 bridgehead atoms. The maximum absolute atomic E-state index is 7.00. The normalized spacial score (nSPS) is 12.5. The first-order valence-electron chi connectivity index (χ1n) is 13.7. The molecule has 3 heteroatoms. The van der Waals surface area contributed by atoms with Crippen molar-refractivity contribution in [3.05, 3.63) is 139 Å². The summed E-state index contributed by atoms with van der Waals surface area (Å²) in [4.78, 5) is 0. The van der Waals surface area contributed by atoms with Gasteiger partial charge in [-0.05, 0) is 63.9 Å². The number of fused-ring (bicyclic) bond motifs is 4. The number of rotatable bonds is 3. The van der Waals surface area contributed by atoms with Crippen molar-refractivity contribution in [1.82, 2.24) is 0 Å². The molecule has 0 fully saturated rings. The molecule has 0 saturated heterocycles. The van der Waals surface area contributed by atoms with Gasteiger partial charge in [0.15, 0.2) is 0 Å². The molecule has 40 heavy (non-hydrogen) atoms. The van der Waals surface area contributed by atoms with E-state index in [9.17, 15) is 0 Å². The highest BCUT2D eigenvalue weighted by Gasteiger charge is 2.42. The summed E-state index contributed by atoms with van der Waals surface area (Å²) in [5.41, 5.74) is 11.5. The lowest BCUT2D eigenvalue weighted by molar-refractivity contribution is 0.466. The van der Waals surface area contributed by atoms with E-state index in [0.29, 0.717) is 0 Å². The molecule has 0 atom stereocenters. The summed E-state index contributed by atoms with van der Waals surface area (Å²) in [6.07, 6.45) is 0. The first-order valence-corrected chi connectivity index (χ1v) is 13.7. The quantitative estimate of drug-likeness (QED) is 0.226. The summed E-state index contributed by atoms with van der Waals surface area (Å²) >= 11 is 0. The molecule has 6 aromatic carbocycles. The van der Waals surface area contributed by atoms with Crippen molar-refractivity contribution < 1.29 is 9.47 Å². The third-order valence-electron chi connectivity index (χ3n) is 8.17. The van der Waals surface area contributed by atoms with Gasteiger partial charge in [-0.2, -0.15) is 0 Å². The SMILES string of the molecule is Cc1ccccc1-c1cccc2c1Oc1c(-c3ccccc3)ccc3c1B2c1cc(-c2ccccc2)ccc1O3. The van der Waals surface area contributed by atoms with Crippen LogP contribution in [0.15, 0.2) is 133 Å². The van der Waals surface area contributed by atoms with Gasteiger partial charge in [0.25, 0.3) is 6.71 Å². The zero-order chi connectivity index (χ0) is 26.6. The summed E-state index contributed by atoms with van der Waals surface area (Å²) in [6, 6.07) is 46.9. The zero-order valence-corrected chi connectivity index (χ0v) is 22.1. The van der Waals surface area contributed by atoms with Gasteiger partial charge >= 0.3 is 0 Å². The van der Waals surface area contributed by atoms with Crippen LogP contribution in [0.5, 0.6) is 23.0 Å². The molecule has 0 saturated carbocycles. The minimum Gasteiger partial charge on any atom is -0.458 e. The van der Waals surface area contributed by atoms with Gasteiger partial charge in [0.05, 0.1) is 0 Å². The molecule has 0 radical (unpaired) electrons. The number of para-hydroxylation sites is 1. The summed E-state index contributed by atoms with van der Waals surface area (Å²) in [5.74, 6) is 3.54. The Hall–Kier alpha value is -5.02. The number of ether oxygens (including phenoxy) is 2. The monoisotopic (exact) mass is 512 g/mol. The van der Waals surface area contributed by atoms with Crippen molar-refractivity contribution in [2.24, 2.45) is 0 Å². The maximum atomic E-state index is 7.00. The Morgan fingerprint density at radius 1 is 0.450 bits per heavy atom. The van der Waals surface area contributed by atoms with Crippen molar-refractivity contribution in [3.8, 4) is 56.4 Å². The Morgan fingerprint density at radius 2 is 1.15 bits per heavy atom. The molecule has 188 valence electrons. The van der Waals surface area contributed by atoms with Crippen LogP contribution in [0.3, 0.4) is 0 Å². The van der Waals surface area contributed by atoms with Crippen LogP contribution >= 0.6 is 0 Å². The second kappa shape index (κ2) is 9.03. The molecule has 2 nitrogen and oxygen atoms in total. The third kappa shape index (κ3) is 3.51. The van der Waals surface area contributed by atoms with Crippen LogP contribution in [0, 0.1) is 6.92 Å². The van der Waals surface area contributed by atoms with Crippen molar-refractivity contribution in [1.29, 1.82) is 0 Å². The van der Waals surface area contributed by atoms with Gasteiger partial charge in [0.2, 0.25) is 0 Å². The maximum Gasteiger partial charge on any atom is 0.260 e. The van der Waals surface area contributed by atoms with E-state index >= 15 is 0 Å². The fraction of sp³-hybridized carbons (Fsp3) is 0.0270. The molecule has 2 aliphatic rings. The van der Waals surface area contributed by atoms with Gasteiger partial charge in [-0.3, -0.25) is 0 Å². The number of benzene rings is 6. The van der Waals surface area contributed by atoms with E-state index in [2.05, 4.69) is 134 Å². The summed E-state index contributed by atoms with van der Waals surface area (Å²) in [5, 5.41) is 0. The Balaban J connectivity index is 1.42. The van der Waals surface area contributed by atoms with E-state index in [-0.39, 0.29) is 6.71 Å². The predicted octanol–water partition coefficient (Wildman–Crippen LogP) is 7.72. The summed E-state index contributed by atoms with van der Waals surface area (Å²) in [7, 11) is 0. The predicted molar refractivity (Wildman–Crippen MR) is 165 cm³/mol. The van der Waals surface area contributed by atoms with Crippen molar-refractivity contribution in [2.45, 2.75) is 6.92 Å². The minimum atomic E-state index is -0.0196. The lowest BCUT2D eigenvalue weighted by atomic mass is 9.34. The fourth-order valence-electron chi connectivity index (χ4n) is 6.26. The average molecular weight is 512 g/mol. The van der Waals surface area contributed by atoms with Crippen LogP contribution in [-0.2, 0) is 0 Å². The van der Waals surface area contributed by atoms with E-state index in [0.717, 1.165) is 56.1 Å². The standard InChI is InChI=1S/C37H25BO2/c1-24-11-8-9-16-28(24)30-17-10-18-31-36(30)40-37-29(26-14-6-3-7-15-26)20-22-34-35(37)38(31)32-23-27(19-21-33(32)39-34)25-12-4-2-5-13-25/h2-23H,1H3. The van der Waals surface area contributed by atoms with Gasteiger partial charge in [0, 0.05) is 16.6 Å². The minimum absolute atomic E-state index is 0.0196. The number of aryl methyl sites for hydroxylation is 1. The molecule has 0 unspecified atom stereocenters. The topological polar surface area (TPSA) is 18.5 Å². The third-order valence-corrected chi connectivity index (χ3v) is 8.17. The summed E-state index contributed by atoms with van der Waals surface area (Å²) < 4.78 is 13.6. The first-order chi connectivity index (χ1) is 19.8. The average Bonchev–Trinajstić information content (AvgIpc) is 3.02. The molecule has 0 N–H and O–H groups in total. The van der Waals surface area contributed by atoms with Gasteiger partial charge in [-0.25, -0.2) is 0 Å². The van der Waals surface area contributed by atoms with E-state index < -0.39 is 0 Å². The van der Waals surface area contributed by atoms with Gasteiger partial charge in [-0.1, -0.05) is 115 Å². The Kier molecular flexibility index (Phi) is 5.18. The number of hydrogen-bond acceptors (Lipinski definition) is 2. The van der Waals surface area contributed by atoms with Crippen LogP contribution < -0.4 is 25.9 Å². The molecule has 0 aliphatic carbocycles. The van der Waals surface area contributed by atoms with Crippen molar-refractivity contribution in [3.63, 3.8) is 0 Å². The second-order valence-electron chi connectivity index (χ2n) is 10.5. The van der Waals surface area contributed by atoms with Gasteiger partial charge < -0.3 is 9.47 Å². The Morgan fingerprint density at radius 3 is 1.95 bits per heavy atom. The van der Waals surface area contributed by atoms with Crippen molar-refractivity contribution in [2.75, 3.05) is 0 Å². The summed E-state index contributed by atoms with van der Waals surface area (Å²) in [6.45, 7) is 2.14. The van der Waals surface area contributed by atoms with Crippen LogP contribution in [0.4, 0.5) is 0 Å². The van der Waals surface area contributed by atoms with E-state index in [1.807, 2.05) is 6.07 Å². The van der Waals surface area contributed by atoms with Gasteiger partial charge in [0.1, 0.15) is 23.0 Å². The van der Waals surface area contributed by atoms with Crippen LogP contribution in [-0.4, -0.2) is 6.71 Å². The molecule has 8 rings (SSSR count). The Bertz CT molecular complexity index is 1910. The molecule has 0 spiro atoms. The largest absolute Gasteiger partial charge is 0.458 e. The van der Waals surface area contributed by atoms with Crippen LogP contribution in [0.25, 0.3) is 33.4 Å². The lowest BCUT2D eigenvalue weighted by Crippen LogP contribution is -2.57. The highest BCUT2D eigenvalue weighted by molar-refractivity contribution is 6.98. The highest BCUT2D eigenvalue weighted by atomic mass is 16.5. The molecule has 0 amide bonds. The van der Waals surface area contributed by atoms with E-state index in [1.54, 1.807) is 0 Å². The van der Waals surface area contributed by atoms with Gasteiger partial charge in [-0.15, -0.1) is 0 Å². The molecular formula is C37H25BO2. The fourth-order valence-corrected chi connectivity index (χ4v) is 6.26. The molecule has 2 aliphatic heterocycles. The van der Waals surface area contributed by atoms with E-state index in [1.165, 1.54) is 22.3 Å². The Labute approximate surface area is 234 Å².